The molecule has 4 N–H and O–H groups in total. The van der Waals surface area contributed by atoms with Gasteiger partial charge in [-0.05, 0) is 13.3 Å². The van der Waals surface area contributed by atoms with Crippen molar-refractivity contribution in [3.8, 4) is 0 Å². The van der Waals surface area contributed by atoms with Crippen LogP contribution in [0.4, 0.5) is 19.1 Å². The number of alkyl halides is 3. The summed E-state index contributed by atoms with van der Waals surface area (Å²) in [5.41, 5.74) is 5.10. The van der Waals surface area contributed by atoms with Crippen molar-refractivity contribution in [1.82, 2.24) is 19.5 Å². The summed E-state index contributed by atoms with van der Waals surface area (Å²) in [6.45, 7) is 1.04. The molecule has 0 aromatic carbocycles. The van der Waals surface area contributed by atoms with Crippen LogP contribution >= 0.6 is 0 Å². The van der Waals surface area contributed by atoms with E-state index in [0.29, 0.717) is 0 Å². The van der Waals surface area contributed by atoms with Crippen molar-refractivity contribution < 1.29 is 27.8 Å². The van der Waals surface area contributed by atoms with Crippen molar-refractivity contribution in [1.29, 1.82) is 0 Å². The van der Waals surface area contributed by atoms with Crippen LogP contribution < -0.4 is 11.3 Å². The third-order valence-corrected chi connectivity index (χ3v) is 4.13. The Kier molecular flexibility index (Phi) is 4.43. The maximum Gasteiger partial charge on any atom is 0.522 e. The van der Waals surface area contributed by atoms with Crippen molar-refractivity contribution in [2.45, 2.75) is 38.1 Å². The van der Waals surface area contributed by atoms with Crippen molar-refractivity contribution in [3.63, 3.8) is 0 Å². The number of ether oxygens (including phenoxy) is 2. The van der Waals surface area contributed by atoms with Crippen LogP contribution in [0.1, 0.15) is 19.6 Å². The fourth-order valence-electron chi connectivity index (χ4n) is 2.97. The average Bonchev–Trinajstić information content (AvgIpc) is 3.01. The number of H-pyrrole nitrogens is 1. The maximum absolute atomic E-state index is 12.1. The third kappa shape index (κ3) is 3.45. The average molecular weight is 363 g/mol. The van der Waals surface area contributed by atoms with E-state index in [1.165, 1.54) is 10.9 Å². The third-order valence-electron chi connectivity index (χ3n) is 4.13. The van der Waals surface area contributed by atoms with E-state index >= 15 is 0 Å². The molecule has 25 heavy (non-hydrogen) atoms. The van der Waals surface area contributed by atoms with Gasteiger partial charge in [-0.1, -0.05) is 0 Å². The Hall–Kier alpha value is -2.18. The molecular weight excluding hydrogens is 347 g/mol. The molecule has 0 unspecified atom stereocenters. The smallest absolute Gasteiger partial charge is 0.388 e. The van der Waals surface area contributed by atoms with Crippen LogP contribution in [0, 0.1) is 5.92 Å². The number of nitrogen functional groups attached to an aromatic ring is 1. The molecule has 2 aromatic rings. The zero-order valence-electron chi connectivity index (χ0n) is 13.0. The number of aromatic amines is 1. The van der Waals surface area contributed by atoms with E-state index in [1.807, 2.05) is 0 Å². The summed E-state index contributed by atoms with van der Waals surface area (Å²) >= 11 is 0. The van der Waals surface area contributed by atoms with Crippen molar-refractivity contribution in [2.75, 3.05) is 12.3 Å². The second-order valence-electron chi connectivity index (χ2n) is 5.74. The lowest BCUT2D eigenvalue weighted by Crippen LogP contribution is -2.28. The first kappa shape index (κ1) is 17.6. The number of aliphatic hydroxyl groups is 1. The van der Waals surface area contributed by atoms with E-state index in [2.05, 4.69) is 19.7 Å². The van der Waals surface area contributed by atoms with Crippen LogP contribution in [0.2, 0.25) is 0 Å². The number of nitrogens with one attached hydrogen (secondary N) is 1. The summed E-state index contributed by atoms with van der Waals surface area (Å²) < 4.78 is 47.0. The predicted molar refractivity (Wildman–Crippen MR) is 78.3 cm³/mol. The highest BCUT2D eigenvalue weighted by atomic mass is 19.4. The number of aliphatic hydroxyl groups excluding tert-OH is 1. The van der Waals surface area contributed by atoms with Gasteiger partial charge in [0.05, 0.1) is 19.0 Å². The molecule has 4 atom stereocenters. The number of imidazole rings is 1. The summed E-state index contributed by atoms with van der Waals surface area (Å²) in [6.07, 6.45) is -6.14. The van der Waals surface area contributed by atoms with Gasteiger partial charge >= 0.3 is 6.36 Å². The first-order valence-electron chi connectivity index (χ1n) is 7.44. The molecule has 3 heterocycles. The largest absolute Gasteiger partial charge is 0.522 e. The van der Waals surface area contributed by atoms with Gasteiger partial charge in [0.25, 0.3) is 5.56 Å². The fourth-order valence-corrected chi connectivity index (χ4v) is 2.97. The monoisotopic (exact) mass is 363 g/mol. The number of fused-ring (bicyclic) bond motifs is 1. The van der Waals surface area contributed by atoms with Crippen LogP contribution in [0.3, 0.4) is 0 Å². The molecule has 12 heteroatoms. The molecule has 3 rings (SSSR count). The first-order chi connectivity index (χ1) is 11.7. The Morgan fingerprint density at radius 3 is 2.92 bits per heavy atom. The second kappa shape index (κ2) is 6.28. The summed E-state index contributed by atoms with van der Waals surface area (Å²) in [6, 6.07) is 0. The van der Waals surface area contributed by atoms with E-state index in [0.717, 1.165) is 0 Å². The molecule has 0 radical (unpaired) electrons. The van der Waals surface area contributed by atoms with Gasteiger partial charge in [0, 0.05) is 5.92 Å². The normalized spacial score (nSPS) is 27.2. The maximum atomic E-state index is 12.1. The number of rotatable bonds is 4. The molecule has 1 fully saturated rings. The van der Waals surface area contributed by atoms with E-state index in [9.17, 15) is 23.1 Å². The van der Waals surface area contributed by atoms with Gasteiger partial charge in [-0.25, -0.2) is 4.98 Å². The van der Waals surface area contributed by atoms with Crippen LogP contribution in [0.15, 0.2) is 11.1 Å². The Morgan fingerprint density at radius 2 is 2.24 bits per heavy atom. The molecule has 1 saturated heterocycles. The fraction of sp³-hybridized carbons (Fsp3) is 0.615. The Bertz CT molecular complexity index is 820. The highest BCUT2D eigenvalue weighted by molar-refractivity contribution is 5.70. The number of nitrogens with two attached hydrogens (primary N) is 1. The summed E-state index contributed by atoms with van der Waals surface area (Å²) in [5.74, 6) is -0.723. The van der Waals surface area contributed by atoms with Crippen LogP contribution in [-0.2, 0) is 9.47 Å². The molecule has 0 aliphatic carbocycles. The zero-order chi connectivity index (χ0) is 18.4. The molecule has 0 spiro atoms. The van der Waals surface area contributed by atoms with E-state index < -0.39 is 42.9 Å². The summed E-state index contributed by atoms with van der Waals surface area (Å²) in [5, 5.41) is 10.5. The minimum Gasteiger partial charge on any atom is -0.388 e. The molecule has 2 aromatic heterocycles. The van der Waals surface area contributed by atoms with Gasteiger partial charge in [0.1, 0.15) is 6.10 Å². The van der Waals surface area contributed by atoms with Gasteiger partial charge in [-0.15, -0.1) is 13.2 Å². The molecule has 0 amide bonds. The Morgan fingerprint density at radius 1 is 1.52 bits per heavy atom. The second-order valence-corrected chi connectivity index (χ2v) is 5.74. The van der Waals surface area contributed by atoms with Crippen LogP contribution in [0.25, 0.3) is 11.2 Å². The van der Waals surface area contributed by atoms with E-state index in [-0.39, 0.29) is 23.5 Å². The molecular formula is C13H16F3N5O4. The molecule has 138 valence electrons. The minimum absolute atomic E-state index is 0.0153. The SMILES string of the molecule is C[C@H]1O[C@@H](n2cnc3c(=O)[nH]c(N)nc32)[C@H](O)[C@@H]1CCOC(F)(F)F. The van der Waals surface area contributed by atoms with Crippen molar-refractivity contribution in [3.05, 3.63) is 16.7 Å². The quantitative estimate of drug-likeness (QED) is 0.722. The number of halogens is 3. The highest BCUT2D eigenvalue weighted by Crippen LogP contribution is 2.37. The van der Waals surface area contributed by atoms with Crippen LogP contribution in [0.5, 0.6) is 0 Å². The van der Waals surface area contributed by atoms with Crippen LogP contribution in [-0.4, -0.2) is 49.8 Å². The van der Waals surface area contributed by atoms with Gasteiger partial charge in [-0.3, -0.25) is 19.1 Å². The first-order valence-corrected chi connectivity index (χ1v) is 7.44. The minimum atomic E-state index is -4.73. The number of aromatic nitrogens is 4. The predicted octanol–water partition coefficient (Wildman–Crippen LogP) is 0.523. The number of nitrogens with zero attached hydrogens (tertiary/aromatic N) is 3. The molecule has 0 bridgehead atoms. The lowest BCUT2D eigenvalue weighted by molar-refractivity contribution is -0.325. The van der Waals surface area contributed by atoms with Gasteiger partial charge in [-0.2, -0.15) is 4.98 Å². The Labute approximate surface area is 138 Å². The molecule has 1 aliphatic rings. The lowest BCUT2D eigenvalue weighted by atomic mass is 9.95. The molecule has 0 saturated carbocycles. The Balaban J connectivity index is 1.81. The zero-order valence-corrected chi connectivity index (χ0v) is 13.0. The van der Waals surface area contributed by atoms with Gasteiger partial charge in [0.2, 0.25) is 5.95 Å². The molecule has 9 nitrogen and oxygen atoms in total. The highest BCUT2D eigenvalue weighted by Gasteiger charge is 2.43. The number of hydrogen-bond donors (Lipinski definition) is 3. The number of anilines is 1. The summed E-state index contributed by atoms with van der Waals surface area (Å²) in [7, 11) is 0. The molecule has 1 aliphatic heterocycles. The van der Waals surface area contributed by atoms with E-state index in [4.69, 9.17) is 10.5 Å². The van der Waals surface area contributed by atoms with Crippen molar-refractivity contribution >= 4 is 17.1 Å². The number of hydrogen-bond acceptors (Lipinski definition) is 7. The van der Waals surface area contributed by atoms with E-state index in [1.54, 1.807) is 6.92 Å². The van der Waals surface area contributed by atoms with Gasteiger partial charge in [0.15, 0.2) is 17.4 Å². The van der Waals surface area contributed by atoms with Crippen molar-refractivity contribution in [2.24, 2.45) is 5.92 Å². The lowest BCUT2D eigenvalue weighted by Gasteiger charge is -2.19. The summed E-state index contributed by atoms with van der Waals surface area (Å²) in [4.78, 5) is 22.0. The standard InChI is InChI=1S/C13H16F3N5O4/c1-5-6(2-3-24-13(14,15)16)8(22)11(25-5)21-4-18-7-9(21)19-12(17)20-10(7)23/h4-6,8,11,22H,2-3H2,1H3,(H3,17,19,20,23)/t5-,6-,8-,11-/m1/s1. The topological polar surface area (TPSA) is 128 Å². The van der Waals surface area contributed by atoms with Gasteiger partial charge < -0.3 is 15.6 Å².